The van der Waals surface area contributed by atoms with Crippen LogP contribution in [0.3, 0.4) is 0 Å². The Hall–Kier alpha value is 0.0569. The maximum Gasteiger partial charge on any atom is 0.321 e. The number of hydrogen-bond donors (Lipinski definition) is 2. The number of nitrogens with one attached hydrogen (secondary N) is 1. The van der Waals surface area contributed by atoms with Crippen LogP contribution in [0.25, 0.3) is 0 Å². The second-order valence-electron chi connectivity index (χ2n) is 3.70. The summed E-state index contributed by atoms with van der Waals surface area (Å²) in [5.41, 5.74) is 0. The molecule has 4 nitrogen and oxygen atoms in total. The van der Waals surface area contributed by atoms with Crippen molar-refractivity contribution < 1.29 is 14.0 Å². The van der Waals surface area contributed by atoms with Gasteiger partial charge in [-0.15, -0.1) is 0 Å². The highest BCUT2D eigenvalue weighted by molar-refractivity contribution is 6.44. The molecule has 0 aliphatic carbocycles. The molecule has 5 heteroatoms. The third-order valence-corrected chi connectivity index (χ3v) is 4.51. The Morgan fingerprint density at radius 3 is 1.88 bits per heavy atom. The Labute approximate surface area is 109 Å². The van der Waals surface area contributed by atoms with Gasteiger partial charge in [-0.3, -0.25) is 5.32 Å². The van der Waals surface area contributed by atoms with Crippen molar-refractivity contribution in [1.82, 2.24) is 5.32 Å². The van der Waals surface area contributed by atoms with E-state index in [2.05, 4.69) is 12.2 Å². The first-order valence-corrected chi connectivity index (χ1v) is 8.50. The quantitative estimate of drug-likeness (QED) is 0.495. The Morgan fingerprint density at radius 1 is 1.12 bits per heavy atom. The summed E-state index contributed by atoms with van der Waals surface area (Å²) in [6.45, 7) is 9.79. The molecule has 0 aromatic carbocycles. The summed E-state index contributed by atoms with van der Waals surface area (Å²) >= 11 is 0. The summed E-state index contributed by atoms with van der Waals surface area (Å²) < 4.78 is 11.0. The van der Waals surface area contributed by atoms with Crippen LogP contribution in [0.5, 0.6) is 0 Å². The predicted octanol–water partition coefficient (Wildman–Crippen LogP) is 2.01. The molecule has 17 heavy (non-hydrogen) atoms. The molecular weight excluding hydrogens is 234 g/mol. The lowest BCUT2D eigenvalue weighted by molar-refractivity contribution is 0.143. The Morgan fingerprint density at radius 2 is 1.65 bits per heavy atom. The van der Waals surface area contributed by atoms with Crippen molar-refractivity contribution in [2.75, 3.05) is 20.3 Å². The van der Waals surface area contributed by atoms with Crippen LogP contribution in [0.1, 0.15) is 47.0 Å². The van der Waals surface area contributed by atoms with E-state index >= 15 is 0 Å². The third-order valence-electron chi connectivity index (χ3n) is 2.22. The minimum absolute atomic E-state index is 0.315. The van der Waals surface area contributed by atoms with Crippen LogP contribution >= 0.6 is 0 Å². The summed E-state index contributed by atoms with van der Waals surface area (Å²) in [4.78, 5) is 0. The van der Waals surface area contributed by atoms with Crippen molar-refractivity contribution in [3.63, 3.8) is 0 Å². The lowest BCUT2D eigenvalue weighted by Gasteiger charge is -2.13. The highest BCUT2D eigenvalue weighted by Gasteiger charge is 2.09. The molecule has 1 unspecified atom stereocenters. The van der Waals surface area contributed by atoms with Crippen LogP contribution in [0.2, 0.25) is 6.04 Å². The molecule has 0 bridgehead atoms. The van der Waals surface area contributed by atoms with E-state index in [9.17, 15) is 0 Å². The number of rotatable bonds is 9. The molecule has 0 aromatic heterocycles. The van der Waals surface area contributed by atoms with Crippen LogP contribution in [0.4, 0.5) is 0 Å². The third kappa shape index (κ3) is 16.1. The van der Waals surface area contributed by atoms with Crippen LogP contribution in [0.15, 0.2) is 0 Å². The molecule has 106 valence electrons. The van der Waals surface area contributed by atoms with E-state index in [4.69, 9.17) is 14.0 Å². The van der Waals surface area contributed by atoms with Crippen molar-refractivity contribution in [2.45, 2.75) is 59.2 Å². The van der Waals surface area contributed by atoms with Gasteiger partial charge in [0.25, 0.3) is 0 Å². The minimum Gasteiger partial charge on any atom is -0.397 e. The number of hydrogen-bond acceptors (Lipinski definition) is 4. The van der Waals surface area contributed by atoms with Crippen molar-refractivity contribution in [1.29, 1.82) is 0 Å². The van der Waals surface area contributed by atoms with Crippen molar-refractivity contribution >= 4 is 9.28 Å². The minimum atomic E-state index is -1.25. The van der Waals surface area contributed by atoms with E-state index in [1.165, 1.54) is 12.8 Å². The predicted molar refractivity (Wildman–Crippen MR) is 75.5 cm³/mol. The SMILES string of the molecule is CCC(O)NC.CCCC[SiH](OCC)OCC. The van der Waals surface area contributed by atoms with Crippen LogP contribution in [-0.4, -0.2) is 40.9 Å². The molecule has 1 atom stereocenters. The summed E-state index contributed by atoms with van der Waals surface area (Å²) in [6.07, 6.45) is 2.95. The van der Waals surface area contributed by atoms with E-state index < -0.39 is 9.28 Å². The standard InChI is InChI=1S/C8H20O2Si.C4H11NO/c1-4-7-8-11(9-5-2)10-6-3;1-3-4(6)5-2/h11H,4-8H2,1-3H3;4-6H,3H2,1-2H3. The largest absolute Gasteiger partial charge is 0.397 e. The molecule has 0 fully saturated rings. The van der Waals surface area contributed by atoms with Gasteiger partial charge in [-0.05, 0) is 33.4 Å². The summed E-state index contributed by atoms with van der Waals surface area (Å²) in [5, 5.41) is 11.2. The fraction of sp³-hybridized carbons (Fsp3) is 1.00. The zero-order valence-corrected chi connectivity index (χ0v) is 13.3. The van der Waals surface area contributed by atoms with Crippen LogP contribution in [0, 0.1) is 0 Å². The fourth-order valence-electron chi connectivity index (χ4n) is 1.16. The zero-order chi connectivity index (χ0) is 13.5. The smallest absolute Gasteiger partial charge is 0.321 e. The molecule has 0 saturated carbocycles. The maximum atomic E-state index is 8.56. The molecule has 0 rings (SSSR count). The van der Waals surface area contributed by atoms with Gasteiger partial charge >= 0.3 is 9.28 Å². The Bertz CT molecular complexity index is 129. The highest BCUT2D eigenvalue weighted by atomic mass is 28.3. The lowest BCUT2D eigenvalue weighted by atomic mass is 10.4. The summed E-state index contributed by atoms with van der Waals surface area (Å²) in [6, 6.07) is 1.16. The van der Waals surface area contributed by atoms with Gasteiger partial charge in [0.2, 0.25) is 0 Å². The molecule has 0 aliphatic heterocycles. The van der Waals surface area contributed by atoms with E-state index in [1.807, 2.05) is 20.8 Å². The molecule has 0 heterocycles. The molecule has 2 N–H and O–H groups in total. The monoisotopic (exact) mass is 265 g/mol. The van der Waals surface area contributed by atoms with Gasteiger partial charge in [0.1, 0.15) is 6.23 Å². The van der Waals surface area contributed by atoms with Gasteiger partial charge in [0.15, 0.2) is 0 Å². The topological polar surface area (TPSA) is 50.7 Å². The van der Waals surface area contributed by atoms with Crippen molar-refractivity contribution in [2.24, 2.45) is 0 Å². The first-order valence-electron chi connectivity index (χ1n) is 6.74. The van der Waals surface area contributed by atoms with Gasteiger partial charge in [-0.1, -0.05) is 26.7 Å². The van der Waals surface area contributed by atoms with E-state index in [-0.39, 0.29) is 6.23 Å². The van der Waals surface area contributed by atoms with Gasteiger partial charge in [0, 0.05) is 13.2 Å². The summed E-state index contributed by atoms with van der Waals surface area (Å²) in [5.74, 6) is 0. The zero-order valence-electron chi connectivity index (χ0n) is 12.2. The molecule has 0 saturated heterocycles. The van der Waals surface area contributed by atoms with Gasteiger partial charge in [-0.25, -0.2) is 0 Å². The average Bonchev–Trinajstić information content (AvgIpc) is 2.36. The molecule has 0 amide bonds. The first kappa shape index (κ1) is 19.4. The van der Waals surface area contributed by atoms with Crippen LogP contribution in [-0.2, 0) is 8.85 Å². The van der Waals surface area contributed by atoms with E-state index in [0.29, 0.717) is 0 Å². The number of aliphatic hydroxyl groups excluding tert-OH is 1. The van der Waals surface area contributed by atoms with Gasteiger partial charge in [0.05, 0.1) is 0 Å². The number of aliphatic hydroxyl groups is 1. The summed E-state index contributed by atoms with van der Waals surface area (Å²) in [7, 11) is 0.479. The fourth-order valence-corrected chi connectivity index (χ4v) is 3.08. The average molecular weight is 265 g/mol. The van der Waals surface area contributed by atoms with E-state index in [1.54, 1.807) is 7.05 Å². The Balaban J connectivity index is 0. The highest BCUT2D eigenvalue weighted by Crippen LogP contribution is 2.03. The molecular formula is C12H31NO3Si. The molecule has 0 spiro atoms. The van der Waals surface area contributed by atoms with Gasteiger partial charge < -0.3 is 14.0 Å². The maximum absolute atomic E-state index is 8.56. The molecule has 0 aromatic rings. The lowest BCUT2D eigenvalue weighted by Crippen LogP contribution is -2.22. The normalized spacial score (nSPS) is 12.2. The second kappa shape index (κ2) is 16.1. The van der Waals surface area contributed by atoms with E-state index in [0.717, 1.165) is 25.7 Å². The molecule has 0 radical (unpaired) electrons. The second-order valence-corrected chi connectivity index (χ2v) is 5.80. The van der Waals surface area contributed by atoms with Crippen molar-refractivity contribution in [3.05, 3.63) is 0 Å². The van der Waals surface area contributed by atoms with Crippen LogP contribution < -0.4 is 5.32 Å². The Kier molecular flexibility index (Phi) is 18.3. The van der Waals surface area contributed by atoms with Gasteiger partial charge in [-0.2, -0.15) is 0 Å². The van der Waals surface area contributed by atoms with Crippen molar-refractivity contribution in [3.8, 4) is 0 Å². The molecule has 0 aliphatic rings. The first-order chi connectivity index (χ1) is 8.15. The number of unbranched alkanes of at least 4 members (excludes halogenated alkanes) is 1.